The molecule has 1 amide bonds. The van der Waals surface area contributed by atoms with Crippen LogP contribution in [0, 0.1) is 0 Å². The van der Waals surface area contributed by atoms with Crippen LogP contribution in [-0.2, 0) is 0 Å². The van der Waals surface area contributed by atoms with Crippen molar-refractivity contribution in [1.82, 2.24) is 10.3 Å². The van der Waals surface area contributed by atoms with Crippen LogP contribution in [0.4, 0.5) is 0 Å². The fourth-order valence-electron chi connectivity index (χ4n) is 4.79. The van der Waals surface area contributed by atoms with Crippen molar-refractivity contribution in [3.63, 3.8) is 0 Å². The number of amides is 1. The van der Waals surface area contributed by atoms with Gasteiger partial charge in [-0.15, -0.1) is 0 Å². The van der Waals surface area contributed by atoms with Gasteiger partial charge in [0.15, 0.2) is 5.96 Å². The molecular weight excluding hydrogens is 636 g/mol. The van der Waals surface area contributed by atoms with Crippen LogP contribution < -0.4 is 11.1 Å². The third-order valence-electron chi connectivity index (χ3n) is 7.52. The van der Waals surface area contributed by atoms with Crippen LogP contribution >= 0.6 is 0 Å². The molecule has 0 aliphatic carbocycles. The maximum Gasteiger partial charge on any atom is 0.276 e. The maximum absolute atomic E-state index is 12.0. The van der Waals surface area contributed by atoms with Gasteiger partial charge in [-0.05, 0) is 63.5 Å². The zero-order valence-corrected chi connectivity index (χ0v) is 28.4. The van der Waals surface area contributed by atoms with Crippen molar-refractivity contribution >= 4 is 11.9 Å². The van der Waals surface area contributed by atoms with Crippen molar-refractivity contribution < 1.29 is 50.8 Å². The molecule has 14 heteroatoms. The number of nitrogens with zero attached hydrogens (tertiary/aromatic N) is 2. The number of nitrogens with two attached hydrogens (primary N) is 1. The lowest BCUT2D eigenvalue weighted by molar-refractivity contribution is 0.0523. The number of aromatic nitrogens is 1. The van der Waals surface area contributed by atoms with Gasteiger partial charge < -0.3 is 51.7 Å². The first-order valence-electron chi connectivity index (χ1n) is 16.9. The smallest absolute Gasteiger partial charge is 0.276 e. The number of carbonyl (C=O) groups is 1. The lowest BCUT2D eigenvalue weighted by Gasteiger charge is -2.17. The van der Waals surface area contributed by atoms with E-state index in [0.717, 1.165) is 0 Å². The minimum absolute atomic E-state index is 0.0173. The molecule has 0 aliphatic heterocycles. The molecule has 14 nitrogen and oxygen atoms in total. The van der Waals surface area contributed by atoms with E-state index in [0.29, 0.717) is 19.3 Å². The number of nitrogens with one attached hydrogen (secondary N) is 1. The molecule has 0 spiro atoms. The summed E-state index contributed by atoms with van der Waals surface area (Å²) in [6.07, 6.45) is 5.13. The summed E-state index contributed by atoms with van der Waals surface area (Å²) in [7, 11) is 0. The highest BCUT2D eigenvalue weighted by molar-refractivity contribution is 6.04. The van der Waals surface area contributed by atoms with Crippen LogP contribution in [0.25, 0.3) is 0 Å². The summed E-state index contributed by atoms with van der Waals surface area (Å²) in [4.78, 5) is 20.0. The number of carbonyl (C=O) groups excluding carboxylic acids is 1. The Bertz CT molecular complexity index is 1140. The Balaban J connectivity index is 2.22. The minimum atomic E-state index is -1.000. The normalized spacial score (nSPS) is 18.3. The van der Waals surface area contributed by atoms with E-state index in [4.69, 9.17) is 5.73 Å². The molecule has 0 bridgehead atoms. The quantitative estimate of drug-likeness (QED) is 0.0287. The first-order chi connectivity index (χ1) is 23.3. The Morgan fingerprint density at radius 2 is 1.22 bits per heavy atom. The van der Waals surface area contributed by atoms with Crippen LogP contribution in [0.15, 0.2) is 65.8 Å². The molecule has 1 heterocycles. The summed E-state index contributed by atoms with van der Waals surface area (Å²) >= 11 is 0. The number of hydrogen-bond acceptors (Lipinski definition) is 12. The summed E-state index contributed by atoms with van der Waals surface area (Å²) in [6.45, 7) is 2.08. The van der Waals surface area contributed by atoms with Gasteiger partial charge in [0.05, 0.1) is 54.9 Å². The van der Waals surface area contributed by atoms with Crippen molar-refractivity contribution in [3.05, 3.63) is 66.5 Å². The summed E-state index contributed by atoms with van der Waals surface area (Å²) in [5.41, 5.74) is 5.92. The first kappa shape index (κ1) is 44.0. The van der Waals surface area contributed by atoms with Crippen molar-refractivity contribution in [2.75, 3.05) is 6.54 Å². The second kappa shape index (κ2) is 25.9. The van der Waals surface area contributed by atoms with Crippen LogP contribution in [0.5, 0.6) is 0 Å². The first-order valence-corrected chi connectivity index (χ1v) is 16.9. The Kier molecular flexibility index (Phi) is 23.2. The minimum Gasteiger partial charge on any atom is -0.393 e. The fraction of sp³-hybridized carbons (Fsp3) is 0.629. The second-order valence-electron chi connectivity index (χ2n) is 12.3. The average Bonchev–Trinajstić information content (AvgIpc) is 3.03. The number of aliphatic hydroxyl groups excluding tert-OH is 9. The van der Waals surface area contributed by atoms with Gasteiger partial charge in [0.25, 0.3) is 5.91 Å². The molecule has 1 aromatic heterocycles. The Morgan fingerprint density at radius 3 is 1.73 bits per heavy atom. The molecule has 12 N–H and O–H groups in total. The number of pyridine rings is 1. The van der Waals surface area contributed by atoms with E-state index >= 15 is 0 Å². The number of aliphatic hydroxyl groups is 9. The molecule has 0 aromatic carbocycles. The van der Waals surface area contributed by atoms with E-state index in [9.17, 15) is 50.8 Å². The second-order valence-corrected chi connectivity index (χ2v) is 12.3. The monoisotopic (exact) mass is 694 g/mol. The van der Waals surface area contributed by atoms with E-state index in [-0.39, 0.29) is 69.6 Å². The molecule has 0 fully saturated rings. The molecule has 1 rings (SSSR count). The Hall–Kier alpha value is -3.05. The molecule has 1 aromatic rings. The highest BCUT2D eigenvalue weighted by Crippen LogP contribution is 2.13. The molecular formula is C35H58N4O10. The number of rotatable bonds is 25. The largest absolute Gasteiger partial charge is 0.393 e. The van der Waals surface area contributed by atoms with E-state index in [1.807, 2.05) is 6.92 Å². The standard InChI is InChI=1S/C35H58N4O10/c1-2-24(40)19-25(41)9-5-13-29(45)22-32(48)23-30(46)14-7-12-27(43)20-26(42)10-6-11-28(44)21-31(47)15-8-18-38-35(36)39-34(49)33-16-3-4-17-37-33/h3-7,9-10,14,16-17,24-32,40-48H,2,8,11-13,15,18-23H2,1H3,(H3,36,38,39,49). The number of hydrogen-bond donors (Lipinski definition) is 11. The molecule has 0 saturated heterocycles. The van der Waals surface area contributed by atoms with Crippen LogP contribution in [-0.4, -0.2) is 124 Å². The van der Waals surface area contributed by atoms with E-state index in [1.54, 1.807) is 36.4 Å². The van der Waals surface area contributed by atoms with Crippen molar-refractivity contribution in [3.8, 4) is 0 Å². The predicted molar refractivity (Wildman–Crippen MR) is 186 cm³/mol. The number of aliphatic imine (C=N–C) groups is 1. The average molecular weight is 695 g/mol. The summed E-state index contributed by atoms with van der Waals surface area (Å²) in [6, 6.07) is 4.91. The lowest BCUT2D eigenvalue weighted by atomic mass is 10.0. The predicted octanol–water partition coefficient (Wildman–Crippen LogP) is 0.354. The van der Waals surface area contributed by atoms with Gasteiger partial charge >= 0.3 is 0 Å². The summed E-state index contributed by atoms with van der Waals surface area (Å²) in [5, 5.41) is 93.0. The Morgan fingerprint density at radius 1 is 0.735 bits per heavy atom. The van der Waals surface area contributed by atoms with Crippen molar-refractivity contribution in [2.24, 2.45) is 10.7 Å². The molecule has 0 saturated carbocycles. The molecule has 9 unspecified atom stereocenters. The third-order valence-corrected chi connectivity index (χ3v) is 7.52. The van der Waals surface area contributed by atoms with E-state index in [1.165, 1.54) is 24.4 Å². The Labute approximate surface area is 289 Å². The highest BCUT2D eigenvalue weighted by atomic mass is 16.3. The lowest BCUT2D eigenvalue weighted by Crippen LogP contribution is -2.37. The zero-order valence-electron chi connectivity index (χ0n) is 28.4. The molecule has 278 valence electrons. The fourth-order valence-corrected chi connectivity index (χ4v) is 4.79. The van der Waals surface area contributed by atoms with Gasteiger partial charge in [-0.1, -0.05) is 49.4 Å². The van der Waals surface area contributed by atoms with Crippen LogP contribution in [0.2, 0.25) is 0 Å². The molecule has 0 aliphatic rings. The van der Waals surface area contributed by atoms with E-state index < -0.39 is 60.8 Å². The van der Waals surface area contributed by atoms with Crippen molar-refractivity contribution in [2.45, 2.75) is 132 Å². The summed E-state index contributed by atoms with van der Waals surface area (Å²) < 4.78 is 0. The van der Waals surface area contributed by atoms with Crippen LogP contribution in [0.3, 0.4) is 0 Å². The molecule has 0 radical (unpaired) electrons. The topological polar surface area (TPSA) is 262 Å². The van der Waals surface area contributed by atoms with Crippen molar-refractivity contribution in [1.29, 1.82) is 0 Å². The summed E-state index contributed by atoms with van der Waals surface area (Å²) in [5.74, 6) is -0.530. The zero-order chi connectivity index (χ0) is 36.6. The van der Waals surface area contributed by atoms with Gasteiger partial charge in [-0.2, -0.15) is 0 Å². The van der Waals surface area contributed by atoms with Gasteiger partial charge in [0.2, 0.25) is 0 Å². The van der Waals surface area contributed by atoms with Gasteiger partial charge in [-0.25, -0.2) is 0 Å². The van der Waals surface area contributed by atoms with Gasteiger partial charge in [0, 0.05) is 32.0 Å². The van der Waals surface area contributed by atoms with Gasteiger partial charge in [-0.3, -0.25) is 20.1 Å². The number of guanidine groups is 1. The van der Waals surface area contributed by atoms with E-state index in [2.05, 4.69) is 15.3 Å². The third kappa shape index (κ3) is 23.1. The highest BCUT2D eigenvalue weighted by Gasteiger charge is 2.16. The van der Waals surface area contributed by atoms with Crippen LogP contribution in [0.1, 0.15) is 88.0 Å². The molecule has 9 atom stereocenters. The molecule has 49 heavy (non-hydrogen) atoms. The SMILES string of the molecule is CCC(O)CC(O)C=CCC(O)CC(O)CC(O)C=CCC(O)CC(O)C=CCC(O)CC(O)CCCN=C(N)NC(=O)c1ccccn1. The maximum atomic E-state index is 12.0. The van der Waals surface area contributed by atoms with Gasteiger partial charge in [0.1, 0.15) is 5.69 Å².